The minimum Gasteiger partial charge on any atom is -0.449 e. The van der Waals surface area contributed by atoms with Gasteiger partial charge >= 0.3 is 12.1 Å². The Kier molecular flexibility index (Phi) is 5.47. The summed E-state index contributed by atoms with van der Waals surface area (Å²) in [6.07, 6.45) is 2.80. The lowest BCUT2D eigenvalue weighted by Gasteiger charge is -2.27. The smallest absolute Gasteiger partial charge is 0.407 e. The lowest BCUT2D eigenvalue weighted by molar-refractivity contribution is -0.153. The van der Waals surface area contributed by atoms with Crippen molar-refractivity contribution in [3.63, 3.8) is 0 Å². The fourth-order valence-electron chi connectivity index (χ4n) is 2.26. The molecule has 1 saturated carbocycles. The molecular formula is C13H22ClNO4. The third kappa shape index (κ3) is 4.90. The SMILES string of the molecule is CC(C)(C)OC(=O)NCC1(C(=O)OCCl)CCCC1. The van der Waals surface area contributed by atoms with E-state index in [1.807, 2.05) is 0 Å². The lowest BCUT2D eigenvalue weighted by Crippen LogP contribution is -2.43. The Labute approximate surface area is 119 Å². The van der Waals surface area contributed by atoms with Crippen LogP contribution in [0.2, 0.25) is 0 Å². The molecule has 0 unspecified atom stereocenters. The molecule has 0 aromatic carbocycles. The molecule has 1 N–H and O–H groups in total. The lowest BCUT2D eigenvalue weighted by atomic mass is 9.86. The van der Waals surface area contributed by atoms with Gasteiger partial charge in [-0.15, -0.1) is 0 Å². The van der Waals surface area contributed by atoms with Gasteiger partial charge in [0.15, 0.2) is 6.07 Å². The van der Waals surface area contributed by atoms with Gasteiger partial charge in [0, 0.05) is 6.54 Å². The zero-order valence-electron chi connectivity index (χ0n) is 11.8. The molecule has 0 heterocycles. The summed E-state index contributed by atoms with van der Waals surface area (Å²) in [4.78, 5) is 23.6. The number of alkyl carbamates (subject to hydrolysis) is 1. The highest BCUT2D eigenvalue weighted by molar-refractivity contribution is 6.17. The first-order chi connectivity index (χ1) is 8.79. The standard InChI is InChI=1S/C13H22ClNO4/c1-12(2,3)19-11(17)15-8-13(6-4-5-7-13)10(16)18-9-14/h4-9H2,1-3H3,(H,15,17). The van der Waals surface area contributed by atoms with E-state index in [-0.39, 0.29) is 18.6 Å². The molecule has 0 atom stereocenters. The molecule has 0 aliphatic heterocycles. The minimum absolute atomic E-state index is 0.160. The molecule has 1 aliphatic carbocycles. The van der Waals surface area contributed by atoms with Gasteiger partial charge in [0.2, 0.25) is 0 Å². The van der Waals surface area contributed by atoms with Crippen LogP contribution < -0.4 is 5.32 Å². The molecule has 1 fully saturated rings. The summed E-state index contributed by atoms with van der Waals surface area (Å²) in [6, 6.07) is -0.160. The van der Waals surface area contributed by atoms with Crippen LogP contribution in [0.4, 0.5) is 4.79 Å². The third-order valence-corrected chi connectivity index (χ3v) is 3.26. The Bertz CT molecular complexity index is 332. The number of hydrogen-bond acceptors (Lipinski definition) is 4. The first kappa shape index (κ1) is 16.1. The molecule has 6 heteroatoms. The van der Waals surface area contributed by atoms with Crippen LogP contribution in [0, 0.1) is 5.41 Å². The minimum atomic E-state index is -0.647. The number of nitrogens with one attached hydrogen (secondary N) is 1. The van der Waals surface area contributed by atoms with Gasteiger partial charge in [0.1, 0.15) is 5.60 Å². The monoisotopic (exact) mass is 291 g/mol. The molecule has 110 valence electrons. The number of ether oxygens (including phenoxy) is 2. The molecule has 1 rings (SSSR count). The summed E-state index contributed by atoms with van der Waals surface area (Å²) < 4.78 is 10.1. The number of hydrogen-bond donors (Lipinski definition) is 1. The Morgan fingerprint density at radius 1 is 1.26 bits per heavy atom. The van der Waals surface area contributed by atoms with E-state index in [4.69, 9.17) is 21.1 Å². The highest BCUT2D eigenvalue weighted by Gasteiger charge is 2.43. The van der Waals surface area contributed by atoms with Gasteiger partial charge in [0.05, 0.1) is 5.41 Å². The van der Waals surface area contributed by atoms with E-state index in [1.54, 1.807) is 20.8 Å². The number of carbonyl (C=O) groups is 2. The quantitative estimate of drug-likeness (QED) is 0.639. The van der Waals surface area contributed by atoms with E-state index in [0.717, 1.165) is 12.8 Å². The van der Waals surface area contributed by atoms with Crippen LogP contribution in [0.3, 0.4) is 0 Å². The Balaban J connectivity index is 2.55. The predicted octanol–water partition coefficient (Wildman–Crippen LogP) is 2.81. The summed E-state index contributed by atoms with van der Waals surface area (Å²) >= 11 is 5.43. The zero-order chi connectivity index (χ0) is 14.5. The summed E-state index contributed by atoms with van der Waals surface area (Å²) in [5, 5.41) is 2.66. The molecular weight excluding hydrogens is 270 g/mol. The summed E-state index contributed by atoms with van der Waals surface area (Å²) in [5.41, 5.74) is -1.20. The number of alkyl halides is 1. The van der Waals surface area contributed by atoms with Gasteiger partial charge in [-0.1, -0.05) is 24.4 Å². The number of amides is 1. The first-order valence-corrected chi connectivity index (χ1v) is 7.03. The average molecular weight is 292 g/mol. The van der Waals surface area contributed by atoms with Gasteiger partial charge in [-0.05, 0) is 33.6 Å². The van der Waals surface area contributed by atoms with Gasteiger partial charge in [0.25, 0.3) is 0 Å². The van der Waals surface area contributed by atoms with E-state index in [9.17, 15) is 9.59 Å². The van der Waals surface area contributed by atoms with Crippen LogP contribution in [0.1, 0.15) is 46.5 Å². The zero-order valence-corrected chi connectivity index (χ0v) is 12.5. The van der Waals surface area contributed by atoms with Crippen molar-refractivity contribution in [2.24, 2.45) is 5.41 Å². The van der Waals surface area contributed by atoms with E-state index < -0.39 is 17.1 Å². The average Bonchev–Trinajstić information content (AvgIpc) is 2.74. The second-order valence-electron chi connectivity index (χ2n) is 5.88. The second-order valence-corrected chi connectivity index (χ2v) is 6.10. The van der Waals surface area contributed by atoms with Crippen LogP contribution in [0.5, 0.6) is 0 Å². The fourth-order valence-corrected chi connectivity index (χ4v) is 2.36. The van der Waals surface area contributed by atoms with E-state index in [0.29, 0.717) is 12.8 Å². The maximum absolute atomic E-state index is 12.0. The van der Waals surface area contributed by atoms with Crippen molar-refractivity contribution in [1.29, 1.82) is 0 Å². The van der Waals surface area contributed by atoms with Gasteiger partial charge in [-0.25, -0.2) is 4.79 Å². The van der Waals surface area contributed by atoms with Crippen molar-refractivity contribution in [2.75, 3.05) is 12.6 Å². The van der Waals surface area contributed by atoms with Gasteiger partial charge in [-0.3, -0.25) is 4.79 Å². The molecule has 5 nitrogen and oxygen atoms in total. The molecule has 1 amide bonds. The maximum atomic E-state index is 12.0. The van der Waals surface area contributed by atoms with Crippen LogP contribution in [0.25, 0.3) is 0 Å². The Morgan fingerprint density at radius 3 is 2.32 bits per heavy atom. The molecule has 0 bridgehead atoms. The maximum Gasteiger partial charge on any atom is 0.407 e. The molecule has 0 radical (unpaired) electrons. The third-order valence-electron chi connectivity index (χ3n) is 3.15. The van der Waals surface area contributed by atoms with Crippen molar-refractivity contribution >= 4 is 23.7 Å². The van der Waals surface area contributed by atoms with Crippen LogP contribution >= 0.6 is 11.6 Å². The van der Waals surface area contributed by atoms with E-state index >= 15 is 0 Å². The van der Waals surface area contributed by atoms with E-state index in [1.165, 1.54) is 0 Å². The molecule has 0 spiro atoms. The summed E-state index contributed by atoms with van der Waals surface area (Å²) in [7, 11) is 0. The first-order valence-electron chi connectivity index (χ1n) is 6.49. The Morgan fingerprint density at radius 2 is 1.84 bits per heavy atom. The van der Waals surface area contributed by atoms with Crippen molar-refractivity contribution in [1.82, 2.24) is 5.32 Å². The molecule has 0 saturated heterocycles. The topological polar surface area (TPSA) is 64.6 Å². The highest BCUT2D eigenvalue weighted by atomic mass is 35.5. The number of esters is 1. The molecule has 0 aromatic heterocycles. The number of carbonyl (C=O) groups excluding carboxylic acids is 2. The highest BCUT2D eigenvalue weighted by Crippen LogP contribution is 2.38. The van der Waals surface area contributed by atoms with Crippen LogP contribution in [0.15, 0.2) is 0 Å². The number of halogens is 1. The summed E-state index contributed by atoms with van der Waals surface area (Å²) in [6.45, 7) is 5.61. The molecule has 1 aliphatic rings. The summed E-state index contributed by atoms with van der Waals surface area (Å²) in [5.74, 6) is -0.337. The van der Waals surface area contributed by atoms with Gasteiger partial charge in [-0.2, -0.15) is 0 Å². The number of rotatable bonds is 4. The van der Waals surface area contributed by atoms with Gasteiger partial charge < -0.3 is 14.8 Å². The van der Waals surface area contributed by atoms with Crippen LogP contribution in [-0.4, -0.2) is 30.3 Å². The molecule has 19 heavy (non-hydrogen) atoms. The predicted molar refractivity (Wildman–Crippen MR) is 71.9 cm³/mol. The van der Waals surface area contributed by atoms with Crippen molar-refractivity contribution in [3.05, 3.63) is 0 Å². The fraction of sp³-hybridized carbons (Fsp3) is 0.846. The van der Waals surface area contributed by atoms with Crippen LogP contribution in [-0.2, 0) is 14.3 Å². The Hall–Kier alpha value is -0.970. The van der Waals surface area contributed by atoms with Crippen molar-refractivity contribution in [3.8, 4) is 0 Å². The van der Waals surface area contributed by atoms with E-state index in [2.05, 4.69) is 5.32 Å². The van der Waals surface area contributed by atoms with Crippen molar-refractivity contribution in [2.45, 2.75) is 52.1 Å². The second kappa shape index (κ2) is 6.46. The largest absolute Gasteiger partial charge is 0.449 e. The van der Waals surface area contributed by atoms with Crippen molar-refractivity contribution < 1.29 is 19.1 Å². The molecule has 0 aromatic rings. The normalized spacial score (nSPS) is 17.9.